The number of nitrogens with one attached hydrogen (secondary N) is 2. The Bertz CT molecular complexity index is 799. The molecule has 1 aromatic heterocycles. The minimum atomic E-state index is -1.79. The molecule has 1 saturated carbocycles. The van der Waals surface area contributed by atoms with Crippen molar-refractivity contribution >= 4 is 5.91 Å². The summed E-state index contributed by atoms with van der Waals surface area (Å²) in [6, 6.07) is 8.26. The minimum Gasteiger partial charge on any atom is -0.353 e. The van der Waals surface area contributed by atoms with Crippen LogP contribution in [0.3, 0.4) is 0 Å². The smallest absolute Gasteiger partial charge is 0.259 e. The van der Waals surface area contributed by atoms with Crippen molar-refractivity contribution in [1.29, 1.82) is 0 Å². The molecule has 1 aliphatic heterocycles. The van der Waals surface area contributed by atoms with Crippen molar-refractivity contribution in [2.24, 2.45) is 5.92 Å². The largest absolute Gasteiger partial charge is 0.353 e. The first-order valence-electron chi connectivity index (χ1n) is 9.82. The highest BCUT2D eigenvalue weighted by Crippen LogP contribution is 2.31. The molecule has 0 spiro atoms. The number of likely N-dealkylation sites (tertiary alicyclic amines) is 1. The molecule has 2 aromatic rings. The molecular weight excluding hydrogens is 343 g/mol. The summed E-state index contributed by atoms with van der Waals surface area (Å²) in [6.45, 7) is 4.19. The Balaban J connectivity index is 1.43. The van der Waals surface area contributed by atoms with Gasteiger partial charge >= 0.3 is 0 Å². The van der Waals surface area contributed by atoms with Crippen LogP contribution in [0.4, 0.5) is 4.39 Å². The minimum absolute atomic E-state index is 0.141. The molecule has 6 heteroatoms. The predicted octanol–water partition coefficient (Wildman–Crippen LogP) is 3.22. The van der Waals surface area contributed by atoms with Gasteiger partial charge in [-0.15, -0.1) is 0 Å². The van der Waals surface area contributed by atoms with E-state index in [-0.39, 0.29) is 6.54 Å². The van der Waals surface area contributed by atoms with Gasteiger partial charge in [0.1, 0.15) is 0 Å². The molecule has 1 saturated heterocycles. The number of benzene rings is 1. The number of aromatic nitrogens is 2. The second-order valence-corrected chi connectivity index (χ2v) is 8.07. The fraction of sp³-hybridized carbons (Fsp3) is 0.524. The molecule has 5 nitrogen and oxygen atoms in total. The Morgan fingerprint density at radius 2 is 2.15 bits per heavy atom. The zero-order chi connectivity index (χ0) is 18.9. The van der Waals surface area contributed by atoms with Gasteiger partial charge in [0.25, 0.3) is 5.91 Å². The van der Waals surface area contributed by atoms with Gasteiger partial charge in [0.2, 0.25) is 5.67 Å². The molecule has 1 amide bonds. The van der Waals surface area contributed by atoms with Crippen molar-refractivity contribution in [2.75, 3.05) is 19.6 Å². The number of amides is 1. The molecule has 0 radical (unpaired) electrons. The zero-order valence-corrected chi connectivity index (χ0v) is 15.8. The third-order valence-corrected chi connectivity index (χ3v) is 5.63. The Labute approximate surface area is 159 Å². The summed E-state index contributed by atoms with van der Waals surface area (Å²) in [4.78, 5) is 14.4. The van der Waals surface area contributed by atoms with E-state index in [0.29, 0.717) is 31.8 Å². The van der Waals surface area contributed by atoms with Crippen LogP contribution < -0.4 is 5.32 Å². The van der Waals surface area contributed by atoms with Gasteiger partial charge < -0.3 is 5.32 Å². The predicted molar refractivity (Wildman–Crippen MR) is 103 cm³/mol. The van der Waals surface area contributed by atoms with Crippen molar-refractivity contribution in [2.45, 2.75) is 44.8 Å². The number of alkyl halides is 1. The van der Waals surface area contributed by atoms with Gasteiger partial charge in [0, 0.05) is 25.2 Å². The SMILES string of the molecule is Cc1ccc(-c2[nH]ncc2CN2CCCC(F)(C(=O)NCC3CC3)C2)cc1. The second-order valence-electron chi connectivity index (χ2n) is 8.07. The second kappa shape index (κ2) is 7.43. The van der Waals surface area contributed by atoms with Crippen molar-refractivity contribution in [3.8, 4) is 11.3 Å². The van der Waals surface area contributed by atoms with E-state index in [1.807, 2.05) is 4.90 Å². The molecular formula is C21H27FN4O. The van der Waals surface area contributed by atoms with Crippen molar-refractivity contribution in [3.63, 3.8) is 0 Å². The quantitative estimate of drug-likeness (QED) is 0.821. The lowest BCUT2D eigenvalue weighted by Gasteiger charge is -2.36. The van der Waals surface area contributed by atoms with E-state index in [1.165, 1.54) is 5.56 Å². The average molecular weight is 370 g/mol. The number of rotatable bonds is 6. The van der Waals surface area contributed by atoms with Crippen LogP contribution in [-0.4, -0.2) is 46.3 Å². The first-order valence-corrected chi connectivity index (χ1v) is 9.82. The number of hydrogen-bond donors (Lipinski definition) is 2. The van der Waals surface area contributed by atoms with E-state index in [1.54, 1.807) is 6.20 Å². The van der Waals surface area contributed by atoms with Gasteiger partial charge in [-0.05, 0) is 50.6 Å². The molecule has 1 aromatic carbocycles. The number of aryl methyl sites for hydroxylation is 1. The van der Waals surface area contributed by atoms with Gasteiger partial charge in [-0.3, -0.25) is 14.8 Å². The molecule has 4 rings (SSSR count). The molecule has 27 heavy (non-hydrogen) atoms. The number of H-pyrrole nitrogens is 1. The lowest BCUT2D eigenvalue weighted by Crippen LogP contribution is -2.54. The maximum absolute atomic E-state index is 15.3. The van der Waals surface area contributed by atoms with Crippen LogP contribution in [-0.2, 0) is 11.3 Å². The number of carbonyl (C=O) groups excluding carboxylic acids is 1. The van der Waals surface area contributed by atoms with Crippen molar-refractivity contribution in [3.05, 3.63) is 41.6 Å². The Hall–Kier alpha value is -2.21. The molecule has 2 fully saturated rings. The maximum Gasteiger partial charge on any atom is 0.259 e. The number of hydrogen-bond acceptors (Lipinski definition) is 3. The summed E-state index contributed by atoms with van der Waals surface area (Å²) < 4.78 is 15.3. The lowest BCUT2D eigenvalue weighted by molar-refractivity contribution is -0.136. The first-order chi connectivity index (χ1) is 13.0. The van der Waals surface area contributed by atoms with E-state index in [4.69, 9.17) is 0 Å². The van der Waals surface area contributed by atoms with Crippen LogP contribution in [0.15, 0.2) is 30.5 Å². The highest BCUT2D eigenvalue weighted by atomic mass is 19.1. The zero-order valence-electron chi connectivity index (χ0n) is 15.8. The molecule has 144 valence electrons. The number of aromatic amines is 1. The monoisotopic (exact) mass is 370 g/mol. The van der Waals surface area contributed by atoms with E-state index >= 15 is 4.39 Å². The van der Waals surface area contributed by atoms with Gasteiger partial charge in [0.05, 0.1) is 11.9 Å². The van der Waals surface area contributed by atoms with Crippen molar-refractivity contribution < 1.29 is 9.18 Å². The summed E-state index contributed by atoms with van der Waals surface area (Å²) in [5, 5.41) is 10.1. The summed E-state index contributed by atoms with van der Waals surface area (Å²) in [5.41, 5.74) is 2.47. The number of nitrogens with zero attached hydrogens (tertiary/aromatic N) is 2. The molecule has 0 bridgehead atoms. The lowest BCUT2D eigenvalue weighted by atomic mass is 9.93. The molecule has 2 aliphatic rings. The average Bonchev–Trinajstić information content (AvgIpc) is 3.38. The van der Waals surface area contributed by atoms with Gasteiger partial charge in [-0.25, -0.2) is 4.39 Å². The number of piperidine rings is 1. The molecule has 2 heterocycles. The molecule has 1 aliphatic carbocycles. The summed E-state index contributed by atoms with van der Waals surface area (Å²) in [7, 11) is 0. The van der Waals surface area contributed by atoms with Gasteiger partial charge in [0.15, 0.2) is 0 Å². The number of halogens is 1. The van der Waals surface area contributed by atoms with Gasteiger partial charge in [-0.2, -0.15) is 5.10 Å². The van der Waals surface area contributed by atoms with Crippen LogP contribution in [0, 0.1) is 12.8 Å². The fourth-order valence-corrected chi connectivity index (χ4v) is 3.78. The normalized spacial score (nSPS) is 23.3. The van der Waals surface area contributed by atoms with E-state index in [0.717, 1.165) is 36.2 Å². The molecule has 1 atom stereocenters. The van der Waals surface area contributed by atoms with Crippen LogP contribution in [0.1, 0.15) is 36.8 Å². The van der Waals surface area contributed by atoms with E-state index in [2.05, 4.69) is 46.7 Å². The summed E-state index contributed by atoms with van der Waals surface area (Å²) in [5.74, 6) is 0.116. The van der Waals surface area contributed by atoms with Gasteiger partial charge in [-0.1, -0.05) is 29.8 Å². The third kappa shape index (κ3) is 4.21. The molecule has 1 unspecified atom stereocenters. The highest BCUT2D eigenvalue weighted by molar-refractivity contribution is 5.85. The van der Waals surface area contributed by atoms with Crippen LogP contribution in [0.2, 0.25) is 0 Å². The van der Waals surface area contributed by atoms with Crippen LogP contribution in [0.25, 0.3) is 11.3 Å². The highest BCUT2D eigenvalue weighted by Gasteiger charge is 2.43. The topological polar surface area (TPSA) is 61.0 Å². The van der Waals surface area contributed by atoms with E-state index in [9.17, 15) is 4.79 Å². The Morgan fingerprint density at radius 3 is 2.89 bits per heavy atom. The number of carbonyl (C=O) groups is 1. The maximum atomic E-state index is 15.3. The third-order valence-electron chi connectivity index (χ3n) is 5.63. The van der Waals surface area contributed by atoms with Crippen LogP contribution in [0.5, 0.6) is 0 Å². The van der Waals surface area contributed by atoms with E-state index < -0.39 is 11.6 Å². The van der Waals surface area contributed by atoms with Crippen LogP contribution >= 0.6 is 0 Å². The Kier molecular flexibility index (Phi) is 5.00. The first kappa shape index (κ1) is 18.2. The standard InChI is InChI=1S/C21H27FN4O/c1-15-3-7-17(8-4-15)19-18(12-24-25-19)13-26-10-2-9-21(22,14-26)20(27)23-11-16-5-6-16/h3-4,7-8,12,16H,2,5-6,9-11,13-14H2,1H3,(H,23,27)(H,24,25). The summed E-state index contributed by atoms with van der Waals surface area (Å²) in [6.07, 6.45) is 5.08. The fourth-order valence-electron chi connectivity index (χ4n) is 3.78. The molecule has 2 N–H and O–H groups in total. The Morgan fingerprint density at radius 1 is 1.37 bits per heavy atom. The van der Waals surface area contributed by atoms with Crippen molar-refractivity contribution in [1.82, 2.24) is 20.4 Å². The summed E-state index contributed by atoms with van der Waals surface area (Å²) >= 11 is 0.